The normalized spacial score (nSPS) is 12.1. The lowest BCUT2D eigenvalue weighted by molar-refractivity contribution is -0.145. The Morgan fingerprint density at radius 3 is 2.13 bits per heavy atom. The number of hydrogen-bond acceptors (Lipinski definition) is 1. The Morgan fingerprint density at radius 1 is 0.870 bits per heavy atom. The standard InChI is InChI=1S/C14H5Cl4F3N2/c15-7-2-1-6(5-9(7)17)23-12-10(4-3-8(16)11(12)18)22-13(23)14(19,20)21/h1-5H. The largest absolute Gasteiger partial charge is 0.450 e. The van der Waals surface area contributed by atoms with Gasteiger partial charge in [-0.2, -0.15) is 13.2 Å². The lowest BCUT2D eigenvalue weighted by Gasteiger charge is -2.13. The van der Waals surface area contributed by atoms with Crippen LogP contribution in [0.2, 0.25) is 20.1 Å². The highest BCUT2D eigenvalue weighted by atomic mass is 35.5. The second-order valence-corrected chi connectivity index (χ2v) is 6.20. The fourth-order valence-electron chi connectivity index (χ4n) is 2.17. The fourth-order valence-corrected chi connectivity index (χ4v) is 2.86. The van der Waals surface area contributed by atoms with E-state index in [1.165, 1.54) is 30.3 Å². The minimum absolute atomic E-state index is 0.0294. The van der Waals surface area contributed by atoms with Crippen molar-refractivity contribution in [2.45, 2.75) is 6.18 Å². The minimum Gasteiger partial charge on any atom is -0.287 e. The Morgan fingerprint density at radius 2 is 1.52 bits per heavy atom. The van der Waals surface area contributed by atoms with E-state index in [0.717, 1.165) is 4.57 Å². The molecule has 0 atom stereocenters. The zero-order chi connectivity index (χ0) is 16.9. The highest BCUT2D eigenvalue weighted by Gasteiger charge is 2.38. The number of hydrogen-bond donors (Lipinski definition) is 0. The number of nitrogens with zero attached hydrogens (tertiary/aromatic N) is 2. The van der Waals surface area contributed by atoms with Crippen molar-refractivity contribution >= 4 is 57.4 Å². The van der Waals surface area contributed by atoms with Gasteiger partial charge in [0.1, 0.15) is 0 Å². The number of alkyl halides is 3. The van der Waals surface area contributed by atoms with E-state index < -0.39 is 12.0 Å². The van der Waals surface area contributed by atoms with Gasteiger partial charge in [-0.15, -0.1) is 0 Å². The minimum atomic E-state index is -4.69. The summed E-state index contributed by atoms with van der Waals surface area (Å²) in [6.45, 7) is 0. The molecule has 0 aliphatic carbocycles. The summed E-state index contributed by atoms with van der Waals surface area (Å²) in [5.41, 5.74) is 0.237. The highest BCUT2D eigenvalue weighted by Crippen LogP contribution is 2.39. The van der Waals surface area contributed by atoms with E-state index >= 15 is 0 Å². The molecule has 0 saturated heterocycles. The molecule has 0 fully saturated rings. The summed E-state index contributed by atoms with van der Waals surface area (Å²) in [5.74, 6) is -1.13. The summed E-state index contributed by atoms with van der Waals surface area (Å²) in [5, 5.41) is 0.419. The van der Waals surface area contributed by atoms with E-state index in [1.807, 2.05) is 0 Å². The molecular formula is C14H5Cl4F3N2. The maximum Gasteiger partial charge on any atom is 0.450 e. The van der Waals surface area contributed by atoms with Crippen LogP contribution in [0.1, 0.15) is 5.82 Å². The quantitative estimate of drug-likeness (QED) is 0.447. The first-order valence-corrected chi connectivity index (χ1v) is 7.60. The van der Waals surface area contributed by atoms with Gasteiger partial charge in [0.05, 0.1) is 31.1 Å². The van der Waals surface area contributed by atoms with Crippen LogP contribution in [-0.4, -0.2) is 9.55 Å². The molecule has 0 amide bonds. The van der Waals surface area contributed by atoms with Crippen LogP contribution < -0.4 is 0 Å². The average Bonchev–Trinajstić information content (AvgIpc) is 2.86. The third-order valence-corrected chi connectivity index (χ3v) is 4.66. The van der Waals surface area contributed by atoms with Crippen molar-refractivity contribution in [3.63, 3.8) is 0 Å². The monoisotopic (exact) mass is 398 g/mol. The van der Waals surface area contributed by atoms with Gasteiger partial charge in [-0.05, 0) is 30.3 Å². The Bertz CT molecular complexity index is 919. The van der Waals surface area contributed by atoms with E-state index in [1.54, 1.807) is 0 Å². The number of aromatic nitrogens is 2. The molecule has 0 spiro atoms. The average molecular weight is 400 g/mol. The molecule has 1 heterocycles. The van der Waals surface area contributed by atoms with Crippen molar-refractivity contribution in [1.82, 2.24) is 9.55 Å². The molecule has 1 aromatic heterocycles. The summed E-state index contributed by atoms with van der Waals surface area (Å²) in [4.78, 5) is 3.63. The molecule has 2 nitrogen and oxygen atoms in total. The molecule has 0 aliphatic heterocycles. The molecule has 0 saturated carbocycles. The summed E-state index contributed by atoms with van der Waals surface area (Å²) in [7, 11) is 0. The predicted molar refractivity (Wildman–Crippen MR) is 86.1 cm³/mol. The summed E-state index contributed by atoms with van der Waals surface area (Å²) in [6.07, 6.45) is -4.69. The van der Waals surface area contributed by atoms with Crippen LogP contribution in [0.4, 0.5) is 13.2 Å². The SMILES string of the molecule is FC(F)(F)c1nc2ccc(Cl)c(Cl)c2n1-c1ccc(Cl)c(Cl)c1. The van der Waals surface area contributed by atoms with Crippen LogP contribution in [0, 0.1) is 0 Å². The lowest BCUT2D eigenvalue weighted by atomic mass is 10.2. The van der Waals surface area contributed by atoms with Crippen LogP contribution in [0.15, 0.2) is 30.3 Å². The van der Waals surface area contributed by atoms with Crippen molar-refractivity contribution < 1.29 is 13.2 Å². The predicted octanol–water partition coefficient (Wildman–Crippen LogP) is 6.66. The Hall–Kier alpha value is -1.14. The van der Waals surface area contributed by atoms with E-state index in [4.69, 9.17) is 46.4 Å². The van der Waals surface area contributed by atoms with Crippen LogP contribution in [0.3, 0.4) is 0 Å². The maximum atomic E-state index is 13.4. The van der Waals surface area contributed by atoms with Crippen molar-refractivity contribution in [1.29, 1.82) is 0 Å². The summed E-state index contributed by atoms with van der Waals surface area (Å²) >= 11 is 23.8. The fraction of sp³-hybridized carbons (Fsp3) is 0.0714. The van der Waals surface area contributed by atoms with E-state index in [-0.39, 0.29) is 36.8 Å². The van der Waals surface area contributed by atoms with Gasteiger partial charge in [0.15, 0.2) is 0 Å². The molecule has 3 rings (SSSR count). The van der Waals surface area contributed by atoms with E-state index in [2.05, 4.69) is 4.98 Å². The van der Waals surface area contributed by atoms with Crippen LogP contribution in [0.5, 0.6) is 0 Å². The van der Waals surface area contributed by atoms with E-state index in [9.17, 15) is 13.2 Å². The van der Waals surface area contributed by atoms with Gasteiger partial charge in [-0.25, -0.2) is 4.98 Å². The van der Waals surface area contributed by atoms with Crippen LogP contribution in [0.25, 0.3) is 16.7 Å². The number of rotatable bonds is 1. The Balaban J connectivity index is 2.45. The Kier molecular flexibility index (Phi) is 4.17. The lowest BCUT2D eigenvalue weighted by Crippen LogP contribution is -2.14. The highest BCUT2D eigenvalue weighted by molar-refractivity contribution is 6.45. The van der Waals surface area contributed by atoms with Crippen molar-refractivity contribution in [2.24, 2.45) is 0 Å². The molecule has 120 valence electrons. The summed E-state index contributed by atoms with van der Waals surface area (Å²) < 4.78 is 41.0. The van der Waals surface area contributed by atoms with Crippen molar-refractivity contribution in [2.75, 3.05) is 0 Å². The topological polar surface area (TPSA) is 17.8 Å². The van der Waals surface area contributed by atoms with Crippen LogP contribution in [-0.2, 0) is 6.18 Å². The van der Waals surface area contributed by atoms with Gasteiger partial charge in [-0.1, -0.05) is 46.4 Å². The molecule has 0 aliphatic rings. The number of imidazole rings is 1. The first-order chi connectivity index (χ1) is 10.7. The summed E-state index contributed by atoms with van der Waals surface area (Å²) in [6, 6.07) is 6.84. The third-order valence-electron chi connectivity index (χ3n) is 3.12. The van der Waals surface area contributed by atoms with Gasteiger partial charge in [0.2, 0.25) is 5.82 Å². The molecule has 0 N–H and O–H groups in total. The zero-order valence-electron chi connectivity index (χ0n) is 10.9. The molecular weight excluding hydrogens is 395 g/mol. The molecule has 0 bridgehead atoms. The van der Waals surface area contributed by atoms with E-state index in [0.29, 0.717) is 0 Å². The van der Waals surface area contributed by atoms with Gasteiger partial charge in [-0.3, -0.25) is 4.57 Å². The maximum absolute atomic E-state index is 13.4. The smallest absolute Gasteiger partial charge is 0.287 e. The first-order valence-electron chi connectivity index (χ1n) is 6.09. The van der Waals surface area contributed by atoms with Crippen molar-refractivity contribution in [3.8, 4) is 5.69 Å². The number of benzene rings is 2. The number of halogens is 7. The van der Waals surface area contributed by atoms with Gasteiger partial charge >= 0.3 is 6.18 Å². The first kappa shape index (κ1) is 16.7. The van der Waals surface area contributed by atoms with Gasteiger partial charge < -0.3 is 0 Å². The van der Waals surface area contributed by atoms with Crippen LogP contribution >= 0.6 is 46.4 Å². The van der Waals surface area contributed by atoms with Crippen molar-refractivity contribution in [3.05, 3.63) is 56.2 Å². The molecule has 0 unspecified atom stereocenters. The van der Waals surface area contributed by atoms with Gasteiger partial charge in [0.25, 0.3) is 0 Å². The molecule has 2 aromatic carbocycles. The molecule has 3 aromatic rings. The Labute approximate surface area is 148 Å². The number of fused-ring (bicyclic) bond motifs is 1. The molecule has 0 radical (unpaired) electrons. The molecule has 9 heteroatoms. The second kappa shape index (κ2) is 5.74. The molecule has 23 heavy (non-hydrogen) atoms. The zero-order valence-corrected chi connectivity index (χ0v) is 14.0. The van der Waals surface area contributed by atoms with Gasteiger partial charge in [0, 0.05) is 5.69 Å². The third kappa shape index (κ3) is 2.87. The second-order valence-electron chi connectivity index (χ2n) is 4.60.